The molecule has 74 heavy (non-hydrogen) atoms. The van der Waals surface area contributed by atoms with Crippen molar-refractivity contribution in [3.8, 4) is 56.6 Å². The molecule has 0 fully saturated rings. The minimum Gasteiger partial charge on any atom is -0.458 e. The lowest BCUT2D eigenvalue weighted by atomic mass is 9.34. The fourth-order valence-electron chi connectivity index (χ4n) is 12.3. The summed E-state index contributed by atoms with van der Waals surface area (Å²) >= 11 is 0. The Bertz CT molecular complexity index is 4720. The van der Waals surface area contributed by atoms with Gasteiger partial charge in [0.25, 0.3) is 6.71 Å². The Balaban J connectivity index is 1.08. The van der Waals surface area contributed by atoms with Crippen molar-refractivity contribution >= 4 is 106 Å². The van der Waals surface area contributed by atoms with E-state index in [4.69, 9.17) is 13.6 Å². The van der Waals surface area contributed by atoms with Crippen LogP contribution in [0.5, 0.6) is 11.5 Å². The lowest BCUT2D eigenvalue weighted by molar-refractivity contribution is 0.487. The predicted octanol–water partition coefficient (Wildman–Crippen LogP) is 15.9. The van der Waals surface area contributed by atoms with E-state index in [1.54, 1.807) is 0 Å². The second-order valence-corrected chi connectivity index (χ2v) is 19.4. The average Bonchev–Trinajstić information content (AvgIpc) is 4.14. The topological polar surface area (TPSA) is 67.5 Å². The van der Waals surface area contributed by atoms with E-state index in [0.29, 0.717) is 5.56 Å². The number of rotatable bonds is 5. The Kier molecular flexibility index (Phi) is 8.51. The maximum Gasteiger partial charge on any atom is 0.256 e. The van der Waals surface area contributed by atoms with Gasteiger partial charge in [-0.25, -0.2) is 0 Å². The van der Waals surface area contributed by atoms with E-state index < -0.39 is 0 Å². The molecule has 0 N–H and O–H groups in total. The van der Waals surface area contributed by atoms with Gasteiger partial charge in [-0.05, 0) is 92.7 Å². The third kappa shape index (κ3) is 5.82. The molecule has 0 unspecified atom stereocenters. The third-order valence-corrected chi connectivity index (χ3v) is 15.5. The first-order valence-corrected chi connectivity index (χ1v) is 25.0. The molecule has 11 aromatic carbocycles. The lowest BCUT2D eigenvalue weighted by Crippen LogP contribution is -2.59. The number of fused-ring (bicyclic) bond motifs is 14. The molecule has 0 bridgehead atoms. The van der Waals surface area contributed by atoms with E-state index >= 15 is 0 Å². The fourth-order valence-corrected chi connectivity index (χ4v) is 12.3. The standard InChI is InChI=1S/C67H38BN3O3/c69-39-40-27-32-56-51(33-40)48-21-10-12-24-55(48)70(56)45-35-58-65-63(36-45)73-62-38-61-52(49-22-11-13-25-59(49)72-61)37-54(62)68(65)53-31-30-50-64-47(43-19-8-3-9-20-43)23-14-26-60(64)74-67(50)66(53)71(58)57-34-44(41-15-4-1-5-16-41)28-29-46(57)42-17-6-2-7-18-42/h1-38H. The highest BCUT2D eigenvalue weighted by atomic mass is 16.5. The minimum atomic E-state index is -0.276. The Morgan fingerprint density at radius 3 is 1.95 bits per heavy atom. The van der Waals surface area contributed by atoms with Crippen LogP contribution in [0, 0.1) is 11.3 Å². The van der Waals surface area contributed by atoms with Crippen molar-refractivity contribution in [2.75, 3.05) is 4.90 Å². The molecule has 0 amide bonds. The Morgan fingerprint density at radius 1 is 0.419 bits per heavy atom. The largest absolute Gasteiger partial charge is 0.458 e. The van der Waals surface area contributed by atoms with Gasteiger partial charge in [0.05, 0.1) is 39.7 Å². The number of benzene rings is 11. The van der Waals surface area contributed by atoms with E-state index in [9.17, 15) is 5.26 Å². The van der Waals surface area contributed by atoms with Gasteiger partial charge in [-0.2, -0.15) is 5.26 Å². The molecule has 2 aliphatic rings. The number of aromatic nitrogens is 1. The van der Waals surface area contributed by atoms with Crippen molar-refractivity contribution in [3.05, 3.63) is 236 Å². The van der Waals surface area contributed by atoms with Gasteiger partial charge in [-0.3, -0.25) is 0 Å². The summed E-state index contributed by atoms with van der Waals surface area (Å²) < 4.78 is 23.7. The lowest BCUT2D eigenvalue weighted by Gasteiger charge is -2.41. The van der Waals surface area contributed by atoms with Crippen molar-refractivity contribution in [1.29, 1.82) is 5.26 Å². The Labute approximate surface area is 424 Å². The van der Waals surface area contributed by atoms with Crippen LogP contribution in [0.3, 0.4) is 0 Å². The second-order valence-electron chi connectivity index (χ2n) is 19.4. The molecular formula is C67H38BN3O3. The van der Waals surface area contributed by atoms with Gasteiger partial charge in [0.15, 0.2) is 5.58 Å². The molecule has 5 heterocycles. The smallest absolute Gasteiger partial charge is 0.256 e. The summed E-state index contributed by atoms with van der Waals surface area (Å²) in [6.45, 7) is -0.276. The summed E-state index contributed by atoms with van der Waals surface area (Å²) in [6, 6.07) is 83.8. The van der Waals surface area contributed by atoms with Crippen LogP contribution in [0.4, 0.5) is 17.1 Å². The summed E-state index contributed by atoms with van der Waals surface area (Å²) in [7, 11) is 0. The zero-order valence-electron chi connectivity index (χ0n) is 39.6. The van der Waals surface area contributed by atoms with Crippen LogP contribution < -0.4 is 26.0 Å². The number of hydrogen-bond donors (Lipinski definition) is 0. The molecule has 0 saturated carbocycles. The molecule has 6 nitrogen and oxygen atoms in total. The summed E-state index contributed by atoms with van der Waals surface area (Å²) in [6.07, 6.45) is 0. The highest BCUT2D eigenvalue weighted by Crippen LogP contribution is 2.51. The molecule has 3 aromatic heterocycles. The zero-order chi connectivity index (χ0) is 48.6. The van der Waals surface area contributed by atoms with Gasteiger partial charge in [0, 0.05) is 55.7 Å². The van der Waals surface area contributed by atoms with Crippen LogP contribution >= 0.6 is 0 Å². The number of hydrogen-bond acceptors (Lipinski definition) is 5. The molecule has 7 heteroatoms. The minimum absolute atomic E-state index is 0.276. The number of furan rings is 2. The molecular weight excluding hydrogens is 906 g/mol. The molecule has 0 spiro atoms. The monoisotopic (exact) mass is 943 g/mol. The van der Waals surface area contributed by atoms with Crippen molar-refractivity contribution in [2.45, 2.75) is 0 Å². The molecule has 0 saturated heterocycles. The van der Waals surface area contributed by atoms with Crippen LogP contribution in [0.2, 0.25) is 0 Å². The van der Waals surface area contributed by atoms with Crippen LogP contribution in [-0.2, 0) is 0 Å². The molecule has 342 valence electrons. The van der Waals surface area contributed by atoms with Crippen molar-refractivity contribution in [2.24, 2.45) is 0 Å². The van der Waals surface area contributed by atoms with Gasteiger partial charge in [0.1, 0.15) is 28.2 Å². The first kappa shape index (κ1) is 40.7. The normalized spacial score (nSPS) is 12.6. The van der Waals surface area contributed by atoms with Gasteiger partial charge in [-0.15, -0.1) is 0 Å². The quantitative estimate of drug-likeness (QED) is 0.161. The summed E-state index contributed by atoms with van der Waals surface area (Å²) in [4.78, 5) is 2.47. The maximum atomic E-state index is 10.1. The molecule has 0 atom stereocenters. The number of anilines is 3. The molecule has 0 aliphatic carbocycles. The van der Waals surface area contributed by atoms with Gasteiger partial charge in [-0.1, -0.05) is 170 Å². The molecule has 0 radical (unpaired) electrons. The summed E-state index contributed by atoms with van der Waals surface area (Å²) in [5, 5.41) is 16.4. The first-order chi connectivity index (χ1) is 36.6. The average molecular weight is 944 g/mol. The molecule has 2 aliphatic heterocycles. The SMILES string of the molecule is N#Cc1ccc2c(c1)c1ccccc1n2-c1cc2c3c(c1)N(c1cc(-c4ccccc4)ccc1-c1ccccc1)c1c(ccc4c1oc1cccc(-c5ccccc5)c14)B3c1cc3c(cc1O2)oc1ccccc13. The number of ether oxygens (including phenoxy) is 1. The third-order valence-electron chi connectivity index (χ3n) is 15.5. The van der Waals surface area contributed by atoms with E-state index in [-0.39, 0.29) is 6.71 Å². The van der Waals surface area contributed by atoms with Crippen LogP contribution in [0.25, 0.3) is 105 Å². The predicted molar refractivity (Wildman–Crippen MR) is 302 cm³/mol. The van der Waals surface area contributed by atoms with E-state index in [2.05, 4.69) is 222 Å². The van der Waals surface area contributed by atoms with Gasteiger partial charge < -0.3 is 23.0 Å². The fraction of sp³-hybridized carbons (Fsp3) is 0. The Hall–Kier alpha value is -10.0. The van der Waals surface area contributed by atoms with Crippen LogP contribution in [0.1, 0.15) is 5.56 Å². The molecule has 16 rings (SSSR count). The van der Waals surface area contributed by atoms with Crippen LogP contribution in [-0.4, -0.2) is 11.3 Å². The van der Waals surface area contributed by atoms with E-state index in [1.165, 1.54) is 0 Å². The van der Waals surface area contributed by atoms with E-state index in [1.807, 2.05) is 24.3 Å². The summed E-state index contributed by atoms with van der Waals surface area (Å²) in [5.74, 6) is 1.49. The zero-order valence-corrected chi connectivity index (χ0v) is 39.6. The van der Waals surface area contributed by atoms with Gasteiger partial charge in [0.2, 0.25) is 0 Å². The van der Waals surface area contributed by atoms with Gasteiger partial charge >= 0.3 is 0 Å². The van der Waals surface area contributed by atoms with E-state index in [0.717, 1.165) is 150 Å². The highest BCUT2D eigenvalue weighted by Gasteiger charge is 2.45. The molecule has 14 aromatic rings. The Morgan fingerprint density at radius 2 is 1.14 bits per heavy atom. The van der Waals surface area contributed by atoms with Crippen molar-refractivity contribution < 1.29 is 13.6 Å². The summed E-state index contributed by atoms with van der Waals surface area (Å²) in [5.41, 5.74) is 19.5. The van der Waals surface area contributed by atoms with Crippen molar-refractivity contribution in [1.82, 2.24) is 4.57 Å². The number of nitrogens with zero attached hydrogens (tertiary/aromatic N) is 3. The highest BCUT2D eigenvalue weighted by molar-refractivity contribution is 6.99. The van der Waals surface area contributed by atoms with Crippen LogP contribution in [0.15, 0.2) is 239 Å². The van der Waals surface area contributed by atoms with Crippen molar-refractivity contribution in [3.63, 3.8) is 0 Å². The first-order valence-electron chi connectivity index (χ1n) is 25.0. The maximum absolute atomic E-state index is 10.1. The number of nitriles is 1. The number of para-hydroxylation sites is 2. The second kappa shape index (κ2) is 15.5.